The van der Waals surface area contributed by atoms with Crippen LogP contribution in [0.1, 0.15) is 100 Å². The summed E-state index contributed by atoms with van der Waals surface area (Å²) in [5.41, 5.74) is 10.1. The summed E-state index contributed by atoms with van der Waals surface area (Å²) in [5, 5.41) is 4.40. The molecule has 1 fully saturated rings. The van der Waals surface area contributed by atoms with Crippen molar-refractivity contribution in [3.63, 3.8) is 0 Å². The molecule has 0 unspecified atom stereocenters. The van der Waals surface area contributed by atoms with Crippen LogP contribution in [0, 0.1) is 19.8 Å². The Balaban J connectivity index is 1.41. The van der Waals surface area contributed by atoms with Gasteiger partial charge in [0.2, 0.25) is 0 Å². The molecule has 1 aliphatic carbocycles. The number of H-pyrrole nitrogens is 1. The first kappa shape index (κ1) is 26.9. The summed E-state index contributed by atoms with van der Waals surface area (Å²) in [7, 11) is -3.04. The summed E-state index contributed by atoms with van der Waals surface area (Å²) in [6.45, 7) is 12.5. The first-order chi connectivity index (χ1) is 17.9. The molecule has 4 aromatic rings. The molecule has 204 valence electrons. The van der Waals surface area contributed by atoms with Crippen molar-refractivity contribution in [2.45, 2.75) is 96.7 Å². The predicted molar refractivity (Wildman–Crippen MR) is 154 cm³/mol. The quantitative estimate of drug-likeness (QED) is 0.278. The van der Waals surface area contributed by atoms with Crippen LogP contribution in [0.15, 0.2) is 24.7 Å². The maximum atomic E-state index is 12.1. The minimum absolute atomic E-state index is 0.307. The molecule has 7 nitrogen and oxygen atoms in total. The summed E-state index contributed by atoms with van der Waals surface area (Å²) in [5.74, 6) is 1.35. The molecule has 1 N–H and O–H groups in total. The van der Waals surface area contributed by atoms with E-state index in [1.807, 2.05) is 18.4 Å². The third-order valence-corrected chi connectivity index (χ3v) is 11.3. The lowest BCUT2D eigenvalue weighted by atomic mass is 9.78. The van der Waals surface area contributed by atoms with Gasteiger partial charge in [-0.3, -0.25) is 4.98 Å². The summed E-state index contributed by atoms with van der Waals surface area (Å²) in [4.78, 5) is 13.4. The zero-order valence-corrected chi connectivity index (χ0v) is 24.6. The number of hydrogen-bond acceptors (Lipinski definition) is 5. The third-order valence-electron chi connectivity index (χ3n) is 9.10. The summed E-state index contributed by atoms with van der Waals surface area (Å²) in [6.07, 6.45) is 11.2. The highest BCUT2D eigenvalue weighted by atomic mass is 32.2. The van der Waals surface area contributed by atoms with Crippen LogP contribution in [0.2, 0.25) is 0 Å². The van der Waals surface area contributed by atoms with Crippen molar-refractivity contribution in [3.8, 4) is 11.3 Å². The van der Waals surface area contributed by atoms with Crippen LogP contribution in [0.25, 0.3) is 27.9 Å². The third kappa shape index (κ3) is 4.76. The highest BCUT2D eigenvalue weighted by molar-refractivity contribution is 7.92. The number of aryl methyl sites for hydroxylation is 1. The topological polar surface area (TPSA) is 93.0 Å². The Bertz CT molecular complexity index is 1590. The van der Waals surface area contributed by atoms with Crippen molar-refractivity contribution >= 4 is 26.5 Å². The van der Waals surface area contributed by atoms with Gasteiger partial charge in [0.25, 0.3) is 0 Å². The fourth-order valence-corrected chi connectivity index (χ4v) is 6.53. The molecule has 4 aromatic heterocycles. The summed E-state index contributed by atoms with van der Waals surface area (Å²) in [6, 6.07) is 4.40. The van der Waals surface area contributed by atoms with Crippen LogP contribution < -0.4 is 0 Å². The Morgan fingerprint density at radius 3 is 2.47 bits per heavy atom. The van der Waals surface area contributed by atoms with Gasteiger partial charge in [-0.2, -0.15) is 5.10 Å². The number of hydrogen-bond donors (Lipinski definition) is 1. The van der Waals surface area contributed by atoms with E-state index in [9.17, 15) is 8.42 Å². The van der Waals surface area contributed by atoms with Gasteiger partial charge in [0, 0.05) is 35.2 Å². The molecule has 4 heterocycles. The van der Waals surface area contributed by atoms with Gasteiger partial charge in [0.1, 0.15) is 6.33 Å². The number of aromatic nitrogens is 5. The van der Waals surface area contributed by atoms with Crippen LogP contribution in [-0.2, 0) is 9.84 Å². The van der Waals surface area contributed by atoms with Crippen LogP contribution in [0.3, 0.4) is 0 Å². The van der Waals surface area contributed by atoms with Crippen molar-refractivity contribution in [1.29, 1.82) is 0 Å². The maximum Gasteiger partial charge on any atom is 0.158 e. The molecule has 0 bridgehead atoms. The molecule has 0 aromatic carbocycles. The van der Waals surface area contributed by atoms with Gasteiger partial charge in [0.15, 0.2) is 15.5 Å². The lowest BCUT2D eigenvalue weighted by Crippen LogP contribution is -2.31. The van der Waals surface area contributed by atoms with Crippen molar-refractivity contribution < 1.29 is 8.42 Å². The molecule has 0 spiro atoms. The van der Waals surface area contributed by atoms with E-state index in [2.05, 4.69) is 61.1 Å². The maximum absolute atomic E-state index is 12.1. The van der Waals surface area contributed by atoms with E-state index >= 15 is 0 Å². The first-order valence-electron chi connectivity index (χ1n) is 13.9. The summed E-state index contributed by atoms with van der Waals surface area (Å²) < 4.78 is 25.4. The summed E-state index contributed by atoms with van der Waals surface area (Å²) >= 11 is 0. The minimum atomic E-state index is -3.04. The Morgan fingerprint density at radius 2 is 1.82 bits per heavy atom. The van der Waals surface area contributed by atoms with E-state index in [0.717, 1.165) is 72.0 Å². The monoisotopic (exact) mass is 535 g/mol. The van der Waals surface area contributed by atoms with E-state index in [1.54, 1.807) is 6.33 Å². The number of sulfone groups is 1. The van der Waals surface area contributed by atoms with Gasteiger partial charge in [-0.05, 0) is 101 Å². The molecule has 0 atom stereocenters. The Morgan fingerprint density at radius 1 is 1.11 bits per heavy atom. The van der Waals surface area contributed by atoms with E-state index < -0.39 is 14.6 Å². The van der Waals surface area contributed by atoms with Crippen molar-refractivity contribution in [1.82, 2.24) is 24.6 Å². The Hall–Kier alpha value is -2.74. The lowest BCUT2D eigenvalue weighted by molar-refractivity contribution is 0.294. The number of pyridine rings is 2. The number of nitrogens with one attached hydrogen (secondary N) is 1. The normalized spacial score (nSPS) is 19.2. The molecule has 8 heteroatoms. The van der Waals surface area contributed by atoms with E-state index in [1.165, 1.54) is 23.1 Å². The van der Waals surface area contributed by atoms with Crippen LogP contribution in [-0.4, -0.2) is 44.0 Å². The highest BCUT2D eigenvalue weighted by Gasteiger charge is 2.32. The van der Waals surface area contributed by atoms with Crippen LogP contribution in [0.4, 0.5) is 0 Å². The highest BCUT2D eigenvalue weighted by Crippen LogP contribution is 2.41. The van der Waals surface area contributed by atoms with Gasteiger partial charge >= 0.3 is 0 Å². The zero-order valence-electron chi connectivity index (χ0n) is 23.8. The molecular formula is C30H41N5O2S. The minimum Gasteiger partial charge on any atom is -0.353 e. The van der Waals surface area contributed by atoms with Crippen molar-refractivity contribution in [2.24, 2.45) is 5.92 Å². The number of aromatic amines is 1. The number of rotatable bonds is 7. The number of fused-ring (bicyclic) bond motifs is 2. The van der Waals surface area contributed by atoms with Crippen molar-refractivity contribution in [2.75, 3.05) is 6.26 Å². The van der Waals surface area contributed by atoms with Gasteiger partial charge in [0.05, 0.1) is 21.5 Å². The molecule has 0 saturated heterocycles. The van der Waals surface area contributed by atoms with Gasteiger partial charge < -0.3 is 4.98 Å². The lowest BCUT2D eigenvalue weighted by Gasteiger charge is -2.31. The molecule has 0 amide bonds. The molecule has 0 aliphatic heterocycles. The van der Waals surface area contributed by atoms with E-state index in [-0.39, 0.29) is 0 Å². The molecule has 1 aliphatic rings. The molecule has 5 rings (SSSR count). The molecule has 1 saturated carbocycles. The smallest absolute Gasteiger partial charge is 0.158 e. The second kappa shape index (κ2) is 9.78. The Labute approximate surface area is 226 Å². The largest absolute Gasteiger partial charge is 0.353 e. The Kier molecular flexibility index (Phi) is 6.91. The molecule has 38 heavy (non-hydrogen) atoms. The number of nitrogens with zero attached hydrogens (tertiary/aromatic N) is 4. The standard InChI is InChI=1S/C30H41N5O2S/c1-18(2)26-27(23-16-35-29(31-17-32-35)20(4)19(23)3)34-25-13-12-24(33-28(25)26)22-10-8-21(9-11-22)14-15-30(5,6)38(7,36)37/h12-13,16-18,21-22,34H,8-11,14-15H2,1-7H3. The van der Waals surface area contributed by atoms with Crippen molar-refractivity contribution in [3.05, 3.63) is 47.0 Å². The molecular weight excluding hydrogens is 494 g/mol. The van der Waals surface area contributed by atoms with Gasteiger partial charge in [-0.1, -0.05) is 13.8 Å². The first-order valence-corrected chi connectivity index (χ1v) is 15.8. The van der Waals surface area contributed by atoms with E-state index in [0.29, 0.717) is 17.8 Å². The predicted octanol–water partition coefficient (Wildman–Crippen LogP) is 6.89. The second-order valence-electron chi connectivity index (χ2n) is 12.3. The van der Waals surface area contributed by atoms with Gasteiger partial charge in [-0.15, -0.1) is 0 Å². The van der Waals surface area contributed by atoms with Gasteiger partial charge in [-0.25, -0.2) is 17.9 Å². The van der Waals surface area contributed by atoms with Crippen LogP contribution >= 0.6 is 0 Å². The average molecular weight is 536 g/mol. The fourth-order valence-electron chi connectivity index (χ4n) is 6.04. The van der Waals surface area contributed by atoms with Crippen LogP contribution in [0.5, 0.6) is 0 Å². The molecule has 0 radical (unpaired) electrons. The second-order valence-corrected chi connectivity index (χ2v) is 15.0. The SMILES string of the molecule is Cc1c(-c2[nH]c3ccc(C4CCC(CCC(C)(C)S(C)(=O)=O)CC4)nc3c2C(C)C)cn2ncnc2c1C. The zero-order chi connectivity index (χ0) is 27.4. The average Bonchev–Trinajstić information content (AvgIpc) is 3.49. The van der Waals surface area contributed by atoms with E-state index in [4.69, 9.17) is 4.98 Å². The fraction of sp³-hybridized carbons (Fsp3) is 0.567.